The summed E-state index contributed by atoms with van der Waals surface area (Å²) in [5.41, 5.74) is 1.63. The minimum absolute atomic E-state index is 0.775. The van der Waals surface area contributed by atoms with Crippen molar-refractivity contribution in [3.63, 3.8) is 0 Å². The molecule has 1 aromatic rings. The van der Waals surface area contributed by atoms with Crippen LogP contribution < -0.4 is 5.32 Å². The molecular formula is C14H23NS. The Morgan fingerprint density at radius 3 is 2.69 bits per heavy atom. The SMILES string of the molecule is Cc1cc(C2CCNCC2C(C)C)c(C)s1. The van der Waals surface area contributed by atoms with Crippen LogP contribution in [-0.2, 0) is 0 Å². The Balaban J connectivity index is 2.26. The summed E-state index contributed by atoms with van der Waals surface area (Å²) >= 11 is 1.96. The molecular weight excluding hydrogens is 214 g/mol. The van der Waals surface area contributed by atoms with Gasteiger partial charge in [-0.3, -0.25) is 0 Å². The highest BCUT2D eigenvalue weighted by Gasteiger charge is 2.30. The van der Waals surface area contributed by atoms with Crippen molar-refractivity contribution in [2.75, 3.05) is 13.1 Å². The molecule has 0 aliphatic carbocycles. The fourth-order valence-corrected chi connectivity index (χ4v) is 3.98. The molecule has 2 unspecified atom stereocenters. The predicted molar refractivity (Wildman–Crippen MR) is 72.3 cm³/mol. The Morgan fingerprint density at radius 2 is 2.12 bits per heavy atom. The molecule has 0 radical (unpaired) electrons. The maximum Gasteiger partial charge on any atom is 0.00519 e. The van der Waals surface area contributed by atoms with Gasteiger partial charge in [-0.05, 0) is 62.7 Å². The van der Waals surface area contributed by atoms with Gasteiger partial charge in [0.05, 0.1) is 0 Å². The maximum absolute atomic E-state index is 3.55. The lowest BCUT2D eigenvalue weighted by molar-refractivity contribution is 0.255. The second-order valence-corrected chi connectivity index (χ2v) is 6.84. The second kappa shape index (κ2) is 4.89. The first kappa shape index (κ1) is 12.1. The Labute approximate surface area is 103 Å². The fraction of sp³-hybridized carbons (Fsp3) is 0.714. The number of hydrogen-bond donors (Lipinski definition) is 1. The monoisotopic (exact) mass is 237 g/mol. The van der Waals surface area contributed by atoms with Gasteiger partial charge in [-0.1, -0.05) is 13.8 Å². The van der Waals surface area contributed by atoms with Crippen molar-refractivity contribution in [1.29, 1.82) is 0 Å². The highest BCUT2D eigenvalue weighted by atomic mass is 32.1. The number of hydrogen-bond acceptors (Lipinski definition) is 2. The molecule has 2 heteroatoms. The average Bonchev–Trinajstić information content (AvgIpc) is 2.57. The third-order valence-corrected chi connectivity index (χ3v) is 4.85. The minimum atomic E-state index is 0.775. The van der Waals surface area contributed by atoms with E-state index in [1.54, 1.807) is 5.56 Å². The maximum atomic E-state index is 3.55. The van der Waals surface area contributed by atoms with Crippen molar-refractivity contribution in [2.45, 2.75) is 40.0 Å². The van der Waals surface area contributed by atoms with Crippen molar-refractivity contribution in [3.05, 3.63) is 21.4 Å². The molecule has 1 aromatic heterocycles. The molecule has 1 fully saturated rings. The Kier molecular flexibility index (Phi) is 3.70. The number of piperidine rings is 1. The molecule has 1 saturated heterocycles. The molecule has 90 valence electrons. The van der Waals surface area contributed by atoms with Crippen LogP contribution in [0.25, 0.3) is 0 Å². The van der Waals surface area contributed by atoms with E-state index in [9.17, 15) is 0 Å². The number of rotatable bonds is 2. The summed E-state index contributed by atoms with van der Waals surface area (Å²) < 4.78 is 0. The second-order valence-electron chi connectivity index (χ2n) is 5.38. The van der Waals surface area contributed by atoms with Gasteiger partial charge >= 0.3 is 0 Å². The third-order valence-electron chi connectivity index (χ3n) is 3.86. The van der Waals surface area contributed by atoms with E-state index in [4.69, 9.17) is 0 Å². The summed E-state index contributed by atoms with van der Waals surface area (Å²) in [6.45, 7) is 11.6. The molecule has 0 bridgehead atoms. The van der Waals surface area contributed by atoms with E-state index < -0.39 is 0 Å². The fourth-order valence-electron chi connectivity index (χ4n) is 2.99. The molecule has 2 heterocycles. The summed E-state index contributed by atoms with van der Waals surface area (Å²) in [5, 5.41) is 3.55. The van der Waals surface area contributed by atoms with Gasteiger partial charge in [0.2, 0.25) is 0 Å². The molecule has 16 heavy (non-hydrogen) atoms. The number of aryl methyl sites for hydroxylation is 2. The van der Waals surface area contributed by atoms with Crippen molar-refractivity contribution >= 4 is 11.3 Å². The molecule has 0 saturated carbocycles. The van der Waals surface area contributed by atoms with Gasteiger partial charge in [0.25, 0.3) is 0 Å². The van der Waals surface area contributed by atoms with Crippen LogP contribution in [0.5, 0.6) is 0 Å². The van der Waals surface area contributed by atoms with Gasteiger partial charge < -0.3 is 5.32 Å². The first-order valence-electron chi connectivity index (χ1n) is 6.37. The topological polar surface area (TPSA) is 12.0 Å². The standard InChI is InChI=1S/C14H23NS/c1-9(2)14-8-15-6-5-12(14)13-7-10(3)16-11(13)4/h7,9,12,14-15H,5-6,8H2,1-4H3. The van der Waals surface area contributed by atoms with E-state index in [0.29, 0.717) is 0 Å². The molecule has 2 rings (SSSR count). The van der Waals surface area contributed by atoms with Gasteiger partial charge in [0, 0.05) is 9.75 Å². The van der Waals surface area contributed by atoms with E-state index in [1.807, 2.05) is 11.3 Å². The van der Waals surface area contributed by atoms with E-state index in [0.717, 1.165) is 17.8 Å². The number of thiophene rings is 1. The Hall–Kier alpha value is -0.340. The van der Waals surface area contributed by atoms with Crippen molar-refractivity contribution in [2.24, 2.45) is 11.8 Å². The minimum Gasteiger partial charge on any atom is -0.316 e. The van der Waals surface area contributed by atoms with Crippen molar-refractivity contribution in [1.82, 2.24) is 5.32 Å². The van der Waals surface area contributed by atoms with Gasteiger partial charge in [-0.25, -0.2) is 0 Å². The van der Waals surface area contributed by atoms with Crippen LogP contribution in [0.2, 0.25) is 0 Å². The van der Waals surface area contributed by atoms with Crippen LogP contribution in [0.4, 0.5) is 0 Å². The van der Waals surface area contributed by atoms with E-state index >= 15 is 0 Å². The summed E-state index contributed by atoms with van der Waals surface area (Å²) in [4.78, 5) is 3.00. The quantitative estimate of drug-likeness (QED) is 0.827. The zero-order chi connectivity index (χ0) is 11.7. The van der Waals surface area contributed by atoms with Crippen LogP contribution in [-0.4, -0.2) is 13.1 Å². The first-order chi connectivity index (χ1) is 7.59. The molecule has 0 spiro atoms. The van der Waals surface area contributed by atoms with Gasteiger partial charge in [-0.2, -0.15) is 0 Å². The highest BCUT2D eigenvalue weighted by Crippen LogP contribution is 2.38. The zero-order valence-corrected chi connectivity index (χ0v) is 11.7. The zero-order valence-electron chi connectivity index (χ0n) is 10.8. The summed E-state index contributed by atoms with van der Waals surface area (Å²) in [6.07, 6.45) is 1.31. The molecule has 0 amide bonds. The highest BCUT2D eigenvalue weighted by molar-refractivity contribution is 7.12. The van der Waals surface area contributed by atoms with Crippen molar-refractivity contribution < 1.29 is 0 Å². The Bertz CT molecular complexity index is 354. The van der Waals surface area contributed by atoms with Gasteiger partial charge in [0.15, 0.2) is 0 Å². The van der Waals surface area contributed by atoms with Gasteiger partial charge in [-0.15, -0.1) is 11.3 Å². The van der Waals surface area contributed by atoms with Crippen LogP contribution in [0.15, 0.2) is 6.07 Å². The largest absolute Gasteiger partial charge is 0.316 e. The summed E-state index contributed by atoms with van der Waals surface area (Å²) in [6, 6.07) is 2.42. The normalized spacial score (nSPS) is 26.3. The lowest BCUT2D eigenvalue weighted by Gasteiger charge is -2.35. The van der Waals surface area contributed by atoms with E-state index in [2.05, 4.69) is 39.1 Å². The van der Waals surface area contributed by atoms with Crippen LogP contribution >= 0.6 is 11.3 Å². The average molecular weight is 237 g/mol. The van der Waals surface area contributed by atoms with Crippen molar-refractivity contribution in [3.8, 4) is 0 Å². The predicted octanol–water partition coefficient (Wildman–Crippen LogP) is 3.71. The van der Waals surface area contributed by atoms with Crippen LogP contribution in [0.1, 0.15) is 41.5 Å². The van der Waals surface area contributed by atoms with Crippen LogP contribution in [0.3, 0.4) is 0 Å². The molecule has 1 N–H and O–H groups in total. The lowest BCUT2D eigenvalue weighted by atomic mass is 9.75. The van der Waals surface area contributed by atoms with Crippen LogP contribution in [0, 0.1) is 25.7 Å². The molecule has 1 aliphatic heterocycles. The first-order valence-corrected chi connectivity index (χ1v) is 7.19. The number of nitrogens with one attached hydrogen (secondary N) is 1. The molecule has 2 atom stereocenters. The van der Waals surface area contributed by atoms with E-state index in [1.165, 1.54) is 29.3 Å². The summed E-state index contributed by atoms with van der Waals surface area (Å²) in [7, 11) is 0. The van der Waals surface area contributed by atoms with Gasteiger partial charge in [0.1, 0.15) is 0 Å². The smallest absolute Gasteiger partial charge is 0.00519 e. The molecule has 1 aliphatic rings. The molecule has 1 nitrogen and oxygen atoms in total. The van der Waals surface area contributed by atoms with E-state index in [-0.39, 0.29) is 0 Å². The Morgan fingerprint density at radius 1 is 1.38 bits per heavy atom. The third kappa shape index (κ3) is 2.33. The summed E-state index contributed by atoms with van der Waals surface area (Å²) in [5.74, 6) is 2.37. The molecule has 0 aromatic carbocycles. The lowest BCUT2D eigenvalue weighted by Crippen LogP contribution is -2.38.